The van der Waals surface area contributed by atoms with Gasteiger partial charge in [-0.1, -0.05) is 63.3 Å². The molecule has 160 valence electrons. The SMILES string of the molecule is CCCCCCCCNCc1cc(Br)c(OCc2ccccc2C)c(OCC)c1. The lowest BCUT2D eigenvalue weighted by molar-refractivity contribution is 0.267. The third-order valence-corrected chi connectivity index (χ3v) is 5.63. The van der Waals surface area contributed by atoms with Gasteiger partial charge in [0.2, 0.25) is 0 Å². The fourth-order valence-electron chi connectivity index (χ4n) is 3.31. The van der Waals surface area contributed by atoms with Gasteiger partial charge in [0.05, 0.1) is 11.1 Å². The van der Waals surface area contributed by atoms with Crippen molar-refractivity contribution in [3.8, 4) is 11.5 Å². The number of unbranched alkanes of at least 4 members (excludes halogenated alkanes) is 5. The van der Waals surface area contributed by atoms with Crippen molar-refractivity contribution in [2.24, 2.45) is 0 Å². The number of benzene rings is 2. The number of aryl methyl sites for hydroxylation is 1. The van der Waals surface area contributed by atoms with Crippen molar-refractivity contribution in [2.75, 3.05) is 13.2 Å². The maximum atomic E-state index is 6.14. The van der Waals surface area contributed by atoms with Crippen LogP contribution in [0.25, 0.3) is 0 Å². The molecule has 0 bridgehead atoms. The van der Waals surface area contributed by atoms with Crippen LogP contribution in [-0.4, -0.2) is 13.2 Å². The zero-order valence-corrected chi connectivity index (χ0v) is 19.8. The molecule has 0 unspecified atom stereocenters. The van der Waals surface area contributed by atoms with Crippen LogP contribution in [0.15, 0.2) is 40.9 Å². The molecule has 2 rings (SSSR count). The number of halogens is 1. The van der Waals surface area contributed by atoms with Gasteiger partial charge in [-0.25, -0.2) is 0 Å². The van der Waals surface area contributed by atoms with E-state index in [-0.39, 0.29) is 0 Å². The Morgan fingerprint density at radius 3 is 2.45 bits per heavy atom. The van der Waals surface area contributed by atoms with E-state index in [1.807, 2.05) is 19.1 Å². The van der Waals surface area contributed by atoms with Crippen LogP contribution in [0.3, 0.4) is 0 Å². The number of hydrogen-bond donors (Lipinski definition) is 1. The highest BCUT2D eigenvalue weighted by molar-refractivity contribution is 9.10. The van der Waals surface area contributed by atoms with Crippen LogP contribution in [-0.2, 0) is 13.2 Å². The fourth-order valence-corrected chi connectivity index (χ4v) is 3.92. The minimum Gasteiger partial charge on any atom is -0.490 e. The van der Waals surface area contributed by atoms with Crippen molar-refractivity contribution in [1.29, 1.82) is 0 Å². The summed E-state index contributed by atoms with van der Waals surface area (Å²) in [6, 6.07) is 12.5. The summed E-state index contributed by atoms with van der Waals surface area (Å²) in [7, 11) is 0. The van der Waals surface area contributed by atoms with Gasteiger partial charge in [0.15, 0.2) is 11.5 Å². The summed E-state index contributed by atoms with van der Waals surface area (Å²) in [4.78, 5) is 0. The van der Waals surface area contributed by atoms with Crippen molar-refractivity contribution in [3.05, 3.63) is 57.6 Å². The molecular formula is C25H36BrNO2. The van der Waals surface area contributed by atoms with Gasteiger partial charge in [-0.2, -0.15) is 0 Å². The van der Waals surface area contributed by atoms with Crippen molar-refractivity contribution >= 4 is 15.9 Å². The summed E-state index contributed by atoms with van der Waals surface area (Å²) in [6.07, 6.45) is 7.93. The maximum Gasteiger partial charge on any atom is 0.175 e. The molecule has 1 N–H and O–H groups in total. The van der Waals surface area contributed by atoms with E-state index >= 15 is 0 Å². The van der Waals surface area contributed by atoms with E-state index in [2.05, 4.69) is 59.4 Å². The van der Waals surface area contributed by atoms with Gasteiger partial charge in [-0.05, 0) is 71.6 Å². The lowest BCUT2D eigenvalue weighted by Gasteiger charge is -2.16. The smallest absolute Gasteiger partial charge is 0.175 e. The topological polar surface area (TPSA) is 30.5 Å². The van der Waals surface area contributed by atoms with Gasteiger partial charge in [0, 0.05) is 6.54 Å². The van der Waals surface area contributed by atoms with Crippen molar-refractivity contribution in [3.63, 3.8) is 0 Å². The van der Waals surface area contributed by atoms with Crippen LogP contribution in [0.1, 0.15) is 69.1 Å². The summed E-state index contributed by atoms with van der Waals surface area (Å²) in [5.41, 5.74) is 3.62. The summed E-state index contributed by atoms with van der Waals surface area (Å²) in [5.74, 6) is 1.57. The van der Waals surface area contributed by atoms with E-state index in [0.29, 0.717) is 13.2 Å². The van der Waals surface area contributed by atoms with Gasteiger partial charge in [0.25, 0.3) is 0 Å². The second-order valence-electron chi connectivity index (χ2n) is 7.50. The van der Waals surface area contributed by atoms with Crippen molar-refractivity contribution in [2.45, 2.75) is 72.4 Å². The normalized spacial score (nSPS) is 10.9. The average Bonchev–Trinajstić information content (AvgIpc) is 2.71. The average molecular weight is 462 g/mol. The van der Waals surface area contributed by atoms with E-state index in [9.17, 15) is 0 Å². The predicted octanol–water partition coefficient (Wildman–Crippen LogP) is 7.19. The molecule has 0 aliphatic rings. The molecule has 0 aromatic heterocycles. The fraction of sp³-hybridized carbons (Fsp3) is 0.520. The zero-order valence-electron chi connectivity index (χ0n) is 18.2. The molecule has 0 fully saturated rings. The molecule has 2 aromatic rings. The Morgan fingerprint density at radius 2 is 1.69 bits per heavy atom. The first-order valence-corrected chi connectivity index (χ1v) is 11.8. The molecule has 0 aliphatic heterocycles. The highest BCUT2D eigenvalue weighted by atomic mass is 79.9. The van der Waals surface area contributed by atoms with E-state index in [0.717, 1.165) is 29.1 Å². The molecule has 0 saturated heterocycles. The lowest BCUT2D eigenvalue weighted by Crippen LogP contribution is -2.15. The Labute approximate surface area is 185 Å². The number of rotatable bonds is 14. The van der Waals surface area contributed by atoms with E-state index < -0.39 is 0 Å². The zero-order chi connectivity index (χ0) is 20.9. The number of nitrogens with one attached hydrogen (secondary N) is 1. The van der Waals surface area contributed by atoms with Crippen LogP contribution in [0.5, 0.6) is 11.5 Å². The Morgan fingerprint density at radius 1 is 0.931 bits per heavy atom. The molecule has 29 heavy (non-hydrogen) atoms. The predicted molar refractivity (Wildman–Crippen MR) is 126 cm³/mol. The van der Waals surface area contributed by atoms with Gasteiger partial charge in [-0.15, -0.1) is 0 Å². The Kier molecular flexibility index (Phi) is 11.2. The van der Waals surface area contributed by atoms with Crippen LogP contribution in [0.4, 0.5) is 0 Å². The second-order valence-corrected chi connectivity index (χ2v) is 8.35. The van der Waals surface area contributed by atoms with Crippen LogP contribution >= 0.6 is 15.9 Å². The third kappa shape index (κ3) is 8.39. The largest absolute Gasteiger partial charge is 0.490 e. The standard InChI is InChI=1S/C25H36BrNO2/c1-4-6-7-8-9-12-15-27-18-21-16-23(26)25(24(17-21)28-5-2)29-19-22-14-11-10-13-20(22)3/h10-11,13-14,16-17,27H,4-9,12,15,18-19H2,1-3H3. The van der Waals surface area contributed by atoms with Crippen LogP contribution in [0, 0.1) is 6.92 Å². The third-order valence-electron chi connectivity index (χ3n) is 5.04. The number of hydrogen-bond acceptors (Lipinski definition) is 3. The lowest BCUT2D eigenvalue weighted by atomic mass is 10.1. The van der Waals surface area contributed by atoms with E-state index in [1.165, 1.54) is 55.2 Å². The molecule has 0 aliphatic carbocycles. The molecule has 0 amide bonds. The quantitative estimate of drug-likeness (QED) is 0.302. The first-order valence-electron chi connectivity index (χ1n) is 11.0. The van der Waals surface area contributed by atoms with Crippen molar-refractivity contribution < 1.29 is 9.47 Å². The summed E-state index contributed by atoms with van der Waals surface area (Å²) in [5, 5.41) is 3.56. The molecule has 0 heterocycles. The van der Waals surface area contributed by atoms with Gasteiger partial charge in [0.1, 0.15) is 6.61 Å². The second kappa shape index (κ2) is 13.7. The summed E-state index contributed by atoms with van der Waals surface area (Å²) in [6.45, 7) is 9.40. The number of ether oxygens (including phenoxy) is 2. The van der Waals surface area contributed by atoms with Crippen LogP contribution in [0.2, 0.25) is 0 Å². The first kappa shape index (κ1) is 23.8. The molecule has 4 heteroatoms. The maximum absolute atomic E-state index is 6.14. The highest BCUT2D eigenvalue weighted by Gasteiger charge is 2.13. The van der Waals surface area contributed by atoms with Gasteiger partial charge >= 0.3 is 0 Å². The van der Waals surface area contributed by atoms with Crippen molar-refractivity contribution in [1.82, 2.24) is 5.32 Å². The molecule has 0 atom stereocenters. The van der Waals surface area contributed by atoms with Gasteiger partial charge in [-0.3, -0.25) is 0 Å². The minimum absolute atomic E-state index is 0.529. The molecule has 0 spiro atoms. The molecular weight excluding hydrogens is 426 g/mol. The summed E-state index contributed by atoms with van der Waals surface area (Å²) >= 11 is 3.69. The van der Waals surface area contributed by atoms with E-state index in [1.54, 1.807) is 0 Å². The Hall–Kier alpha value is -1.52. The van der Waals surface area contributed by atoms with Gasteiger partial charge < -0.3 is 14.8 Å². The first-order chi connectivity index (χ1) is 14.2. The van der Waals surface area contributed by atoms with Crippen LogP contribution < -0.4 is 14.8 Å². The monoisotopic (exact) mass is 461 g/mol. The highest BCUT2D eigenvalue weighted by Crippen LogP contribution is 2.37. The molecule has 2 aromatic carbocycles. The van der Waals surface area contributed by atoms with E-state index in [4.69, 9.17) is 9.47 Å². The molecule has 0 radical (unpaired) electrons. The Bertz CT molecular complexity index is 733. The summed E-state index contributed by atoms with van der Waals surface area (Å²) < 4.78 is 13.0. The minimum atomic E-state index is 0.529. The molecule has 3 nitrogen and oxygen atoms in total. The molecule has 0 saturated carbocycles. The Balaban J connectivity index is 1.90.